The zero-order chi connectivity index (χ0) is 23.5. The minimum absolute atomic E-state index is 0.0725. The lowest BCUT2D eigenvalue weighted by Crippen LogP contribution is -2.39. The number of nitrogens with zero attached hydrogens (tertiary/aromatic N) is 4. The average molecular weight is 479 g/mol. The van der Waals surface area contributed by atoms with Crippen molar-refractivity contribution >= 4 is 17.2 Å². The third kappa shape index (κ3) is 4.70. The van der Waals surface area contributed by atoms with Crippen LogP contribution in [-0.4, -0.2) is 45.6 Å². The first-order chi connectivity index (χ1) is 16.6. The van der Waals surface area contributed by atoms with Crippen LogP contribution in [0.5, 0.6) is 5.75 Å². The molecule has 1 unspecified atom stereocenters. The number of amides is 1. The third-order valence-corrected chi connectivity index (χ3v) is 6.61. The molecule has 1 saturated heterocycles. The molecule has 0 bridgehead atoms. The fourth-order valence-electron chi connectivity index (χ4n) is 4.04. The van der Waals surface area contributed by atoms with E-state index in [1.54, 1.807) is 22.4 Å². The number of carbonyl (C=O) groups is 1. The topological polar surface area (TPSA) is 81.4 Å². The maximum Gasteiger partial charge on any atom is 0.273 e. The Morgan fingerprint density at radius 3 is 2.85 bits per heavy atom. The van der Waals surface area contributed by atoms with Crippen molar-refractivity contribution in [3.8, 4) is 27.7 Å². The van der Waals surface area contributed by atoms with Crippen molar-refractivity contribution < 1.29 is 18.4 Å². The van der Waals surface area contributed by atoms with Crippen molar-refractivity contribution in [1.29, 1.82) is 0 Å². The molecule has 0 spiro atoms. The molecule has 2 aromatic carbocycles. The third-order valence-electron chi connectivity index (χ3n) is 5.72. The first-order valence-corrected chi connectivity index (χ1v) is 12.1. The van der Waals surface area contributed by atoms with E-state index in [-0.39, 0.29) is 17.6 Å². The van der Waals surface area contributed by atoms with Gasteiger partial charge in [-0.05, 0) is 56.2 Å². The quantitative estimate of drug-likeness (QED) is 0.368. The molecule has 5 rings (SSSR count). The Kier molecular flexibility index (Phi) is 6.35. The van der Waals surface area contributed by atoms with Crippen LogP contribution in [0.2, 0.25) is 0 Å². The van der Waals surface area contributed by atoms with Crippen LogP contribution >= 0.6 is 11.3 Å². The second-order valence-corrected chi connectivity index (χ2v) is 8.91. The molecule has 1 aliphatic heterocycles. The summed E-state index contributed by atoms with van der Waals surface area (Å²) in [5.74, 6) is 1.08. The molecule has 1 aliphatic rings. The summed E-state index contributed by atoms with van der Waals surface area (Å²) in [4.78, 5) is 24.0. The van der Waals surface area contributed by atoms with E-state index >= 15 is 0 Å². The lowest BCUT2D eigenvalue weighted by Gasteiger charge is -2.30. The Balaban J connectivity index is 1.27. The molecule has 0 aliphatic carbocycles. The van der Waals surface area contributed by atoms with Crippen molar-refractivity contribution in [1.82, 2.24) is 20.0 Å². The summed E-state index contributed by atoms with van der Waals surface area (Å²) in [7, 11) is 0. The Bertz CT molecular complexity index is 1290. The first kappa shape index (κ1) is 22.2. The molecule has 4 aromatic rings. The standard InChI is InChI=1S/C25H23FN4O3S/c1-2-32-20-10-8-16(9-11-20)24-27-21(15-34-24)25(31)30-12-4-6-18(14-30)23-28-22(29-33-23)17-5-3-7-19(26)13-17/h3,5,7-11,13,15,18H,2,4,6,12,14H2,1H3. The van der Waals surface area contributed by atoms with Gasteiger partial charge in [-0.15, -0.1) is 11.3 Å². The summed E-state index contributed by atoms with van der Waals surface area (Å²) >= 11 is 1.44. The monoisotopic (exact) mass is 478 g/mol. The summed E-state index contributed by atoms with van der Waals surface area (Å²) in [5.41, 5.74) is 1.93. The molecule has 9 heteroatoms. The van der Waals surface area contributed by atoms with Crippen LogP contribution in [-0.2, 0) is 0 Å². The predicted molar refractivity (Wildman–Crippen MR) is 126 cm³/mol. The van der Waals surface area contributed by atoms with Gasteiger partial charge in [0.1, 0.15) is 22.3 Å². The number of piperidine rings is 1. The van der Waals surface area contributed by atoms with E-state index in [0.717, 1.165) is 29.2 Å². The van der Waals surface area contributed by atoms with Gasteiger partial charge < -0.3 is 14.2 Å². The fraction of sp³-hybridized carbons (Fsp3) is 0.280. The van der Waals surface area contributed by atoms with Gasteiger partial charge in [0.05, 0.1) is 12.5 Å². The van der Waals surface area contributed by atoms with Gasteiger partial charge in [0.25, 0.3) is 5.91 Å². The van der Waals surface area contributed by atoms with Crippen molar-refractivity contribution in [2.75, 3.05) is 19.7 Å². The molecular formula is C25H23FN4O3S. The van der Waals surface area contributed by atoms with Gasteiger partial charge in [-0.3, -0.25) is 4.79 Å². The Morgan fingerprint density at radius 2 is 2.06 bits per heavy atom. The highest BCUT2D eigenvalue weighted by molar-refractivity contribution is 7.13. The Labute approximate surface area is 200 Å². The largest absolute Gasteiger partial charge is 0.494 e. The second kappa shape index (κ2) is 9.72. The Hall–Kier alpha value is -3.59. The smallest absolute Gasteiger partial charge is 0.273 e. The Morgan fingerprint density at radius 1 is 1.21 bits per heavy atom. The van der Waals surface area contributed by atoms with E-state index in [0.29, 0.717) is 42.7 Å². The fourth-order valence-corrected chi connectivity index (χ4v) is 4.84. The maximum absolute atomic E-state index is 13.5. The van der Waals surface area contributed by atoms with Crippen LogP contribution in [0.1, 0.15) is 42.1 Å². The van der Waals surface area contributed by atoms with Crippen LogP contribution in [0.25, 0.3) is 22.0 Å². The molecule has 1 atom stereocenters. The van der Waals surface area contributed by atoms with E-state index in [4.69, 9.17) is 9.26 Å². The van der Waals surface area contributed by atoms with Gasteiger partial charge in [0.2, 0.25) is 11.7 Å². The zero-order valence-electron chi connectivity index (χ0n) is 18.6. The number of benzene rings is 2. The minimum atomic E-state index is -0.355. The summed E-state index contributed by atoms with van der Waals surface area (Å²) in [5, 5.41) is 6.60. The molecule has 0 radical (unpaired) electrons. The molecular weight excluding hydrogens is 455 g/mol. The van der Waals surface area contributed by atoms with Crippen LogP contribution in [0, 0.1) is 5.82 Å². The summed E-state index contributed by atoms with van der Waals surface area (Å²) in [6.45, 7) is 3.68. The number of aromatic nitrogens is 3. The highest BCUT2D eigenvalue weighted by atomic mass is 32.1. The van der Waals surface area contributed by atoms with E-state index in [1.165, 1.54) is 23.5 Å². The van der Waals surface area contributed by atoms with Gasteiger partial charge in [0.15, 0.2) is 0 Å². The number of thiazole rings is 1. The number of halogens is 1. The number of ether oxygens (including phenoxy) is 1. The molecule has 34 heavy (non-hydrogen) atoms. The molecule has 0 saturated carbocycles. The van der Waals surface area contributed by atoms with Crippen molar-refractivity contribution in [3.63, 3.8) is 0 Å². The predicted octanol–water partition coefficient (Wildman–Crippen LogP) is 5.42. The lowest BCUT2D eigenvalue weighted by atomic mass is 9.97. The van der Waals surface area contributed by atoms with Crippen LogP contribution in [0.4, 0.5) is 4.39 Å². The van der Waals surface area contributed by atoms with Crippen molar-refractivity contribution in [3.05, 3.63) is 71.3 Å². The SMILES string of the molecule is CCOc1ccc(-c2nc(C(=O)N3CCCC(c4nc(-c5cccc(F)c5)no4)C3)cs2)cc1. The number of hydrogen-bond acceptors (Lipinski definition) is 7. The molecule has 0 N–H and O–H groups in total. The lowest BCUT2D eigenvalue weighted by molar-refractivity contribution is 0.0690. The van der Waals surface area contributed by atoms with E-state index < -0.39 is 0 Å². The molecule has 174 valence electrons. The zero-order valence-corrected chi connectivity index (χ0v) is 19.4. The van der Waals surface area contributed by atoms with Gasteiger partial charge in [-0.25, -0.2) is 9.37 Å². The number of hydrogen-bond donors (Lipinski definition) is 0. The summed E-state index contributed by atoms with van der Waals surface area (Å²) < 4.78 is 24.5. The van der Waals surface area contributed by atoms with Crippen LogP contribution < -0.4 is 4.74 Å². The highest BCUT2D eigenvalue weighted by Crippen LogP contribution is 2.30. The molecule has 1 fully saturated rings. The number of rotatable bonds is 6. The van der Waals surface area contributed by atoms with Crippen molar-refractivity contribution in [2.45, 2.75) is 25.7 Å². The maximum atomic E-state index is 13.5. The highest BCUT2D eigenvalue weighted by Gasteiger charge is 2.30. The van der Waals surface area contributed by atoms with Crippen LogP contribution in [0.15, 0.2) is 58.4 Å². The summed E-state index contributed by atoms with van der Waals surface area (Å²) in [6.07, 6.45) is 1.66. The number of carbonyl (C=O) groups excluding carboxylic acids is 1. The average Bonchev–Trinajstić information content (AvgIpc) is 3.55. The van der Waals surface area contributed by atoms with Crippen molar-refractivity contribution in [2.24, 2.45) is 0 Å². The molecule has 2 aromatic heterocycles. The summed E-state index contributed by atoms with van der Waals surface area (Å²) in [6, 6.07) is 13.8. The second-order valence-electron chi connectivity index (χ2n) is 8.05. The van der Waals surface area contributed by atoms with E-state index in [9.17, 15) is 9.18 Å². The van der Waals surface area contributed by atoms with E-state index in [2.05, 4.69) is 15.1 Å². The normalized spacial score (nSPS) is 15.9. The van der Waals surface area contributed by atoms with Crippen LogP contribution in [0.3, 0.4) is 0 Å². The van der Waals surface area contributed by atoms with E-state index in [1.807, 2.05) is 31.2 Å². The number of likely N-dealkylation sites (tertiary alicyclic amines) is 1. The van der Waals surface area contributed by atoms with Gasteiger partial charge in [-0.1, -0.05) is 17.3 Å². The minimum Gasteiger partial charge on any atom is -0.494 e. The first-order valence-electron chi connectivity index (χ1n) is 11.2. The molecule has 1 amide bonds. The van der Waals surface area contributed by atoms with Gasteiger partial charge >= 0.3 is 0 Å². The molecule has 3 heterocycles. The molecule has 7 nitrogen and oxygen atoms in total. The van der Waals surface area contributed by atoms with Gasteiger partial charge in [0, 0.05) is 29.6 Å². The van der Waals surface area contributed by atoms with Gasteiger partial charge in [-0.2, -0.15) is 4.98 Å².